The Labute approximate surface area is 150 Å². The van der Waals surface area contributed by atoms with Gasteiger partial charge in [-0.15, -0.1) is 0 Å². The van der Waals surface area contributed by atoms with Gasteiger partial charge in [0, 0.05) is 12.3 Å². The van der Waals surface area contributed by atoms with Gasteiger partial charge in [0.15, 0.2) is 6.10 Å². The number of carbonyl (C=O) groups excluding carboxylic acids is 2. The summed E-state index contributed by atoms with van der Waals surface area (Å²) in [7, 11) is 0. The summed E-state index contributed by atoms with van der Waals surface area (Å²) in [5.41, 5.74) is 0.687. The van der Waals surface area contributed by atoms with Gasteiger partial charge >= 0.3 is 6.09 Å². The summed E-state index contributed by atoms with van der Waals surface area (Å²) in [6.45, 7) is 2.04. The highest BCUT2D eigenvalue weighted by atomic mass is 16.6. The number of carbonyl (C=O) groups is 2. The van der Waals surface area contributed by atoms with Crippen LogP contribution < -0.4 is 10.6 Å². The first-order chi connectivity index (χ1) is 12.6. The van der Waals surface area contributed by atoms with Crippen molar-refractivity contribution < 1.29 is 23.8 Å². The normalized spacial score (nSPS) is 27.1. The van der Waals surface area contributed by atoms with Crippen LogP contribution in [0.4, 0.5) is 10.5 Å². The van der Waals surface area contributed by atoms with Crippen LogP contribution in [0.5, 0.6) is 0 Å². The minimum atomic E-state index is -0.554. The Kier molecular flexibility index (Phi) is 4.48. The van der Waals surface area contributed by atoms with E-state index in [1.807, 2.05) is 42.5 Å². The molecule has 0 spiro atoms. The zero-order valence-corrected chi connectivity index (χ0v) is 14.3. The zero-order chi connectivity index (χ0) is 18.1. The van der Waals surface area contributed by atoms with Gasteiger partial charge in [0.25, 0.3) is 0 Å². The summed E-state index contributed by atoms with van der Waals surface area (Å²) in [4.78, 5) is 23.6. The maximum absolute atomic E-state index is 12.3. The molecule has 26 heavy (non-hydrogen) atoms. The molecule has 0 aliphatic carbocycles. The zero-order valence-electron chi connectivity index (χ0n) is 14.3. The van der Waals surface area contributed by atoms with E-state index in [9.17, 15) is 9.59 Å². The fourth-order valence-corrected chi connectivity index (χ4v) is 3.56. The molecule has 7 nitrogen and oxygen atoms in total. The Bertz CT molecular complexity index is 834. The molecule has 2 aliphatic heterocycles. The highest BCUT2D eigenvalue weighted by molar-refractivity contribution is 6.00. The predicted octanol–water partition coefficient (Wildman–Crippen LogP) is 2.06. The van der Waals surface area contributed by atoms with Gasteiger partial charge in [0.1, 0.15) is 12.2 Å². The van der Waals surface area contributed by atoms with Crippen LogP contribution in [0, 0.1) is 0 Å². The number of ether oxygens (including phenoxy) is 3. The molecule has 2 fully saturated rings. The summed E-state index contributed by atoms with van der Waals surface area (Å²) >= 11 is 0. The predicted molar refractivity (Wildman–Crippen MR) is 94.9 cm³/mol. The van der Waals surface area contributed by atoms with Crippen LogP contribution >= 0.6 is 0 Å². The van der Waals surface area contributed by atoms with Crippen molar-refractivity contribution in [2.45, 2.75) is 31.3 Å². The van der Waals surface area contributed by atoms with Crippen LogP contribution in [-0.2, 0) is 19.0 Å². The standard InChI is InChI=1S/C19H20N2O5/c1-11(22)20-15-9-24-18-16(10-25-17(15)18)26-19(23)21-14-8-4-6-12-5-2-3-7-13(12)14/h2-8,15-18H,9-10H2,1H3,(H,20,22)(H,21,23)/t15-,16-,17-,18+/m1/s1. The molecule has 0 aromatic heterocycles. The van der Waals surface area contributed by atoms with E-state index in [1.54, 1.807) is 0 Å². The van der Waals surface area contributed by atoms with Crippen LogP contribution in [0.3, 0.4) is 0 Å². The average Bonchev–Trinajstić information content (AvgIpc) is 3.19. The largest absolute Gasteiger partial charge is 0.441 e. The second-order valence-corrected chi connectivity index (χ2v) is 6.50. The van der Waals surface area contributed by atoms with Crippen molar-refractivity contribution in [1.29, 1.82) is 0 Å². The molecule has 2 N–H and O–H groups in total. The fraction of sp³-hybridized carbons (Fsp3) is 0.368. The first-order valence-corrected chi connectivity index (χ1v) is 8.57. The summed E-state index contributed by atoms with van der Waals surface area (Å²) in [5.74, 6) is -0.138. The summed E-state index contributed by atoms with van der Waals surface area (Å²) in [6, 6.07) is 13.3. The van der Waals surface area contributed by atoms with E-state index in [2.05, 4.69) is 10.6 Å². The van der Waals surface area contributed by atoms with Crippen LogP contribution in [0.2, 0.25) is 0 Å². The smallest absolute Gasteiger partial charge is 0.412 e. The van der Waals surface area contributed by atoms with E-state index in [1.165, 1.54) is 6.92 Å². The van der Waals surface area contributed by atoms with Crippen molar-refractivity contribution in [3.8, 4) is 0 Å². The number of amides is 2. The molecule has 4 atom stereocenters. The molecule has 2 heterocycles. The second-order valence-electron chi connectivity index (χ2n) is 6.50. The van der Waals surface area contributed by atoms with E-state index in [-0.39, 0.29) is 30.8 Å². The third-order valence-corrected chi connectivity index (χ3v) is 4.68. The summed E-state index contributed by atoms with van der Waals surface area (Å²) < 4.78 is 16.9. The molecule has 0 unspecified atom stereocenters. The Hall–Kier alpha value is -2.64. The van der Waals surface area contributed by atoms with Crippen LogP contribution in [0.15, 0.2) is 42.5 Å². The fourth-order valence-electron chi connectivity index (χ4n) is 3.56. The first-order valence-electron chi connectivity index (χ1n) is 8.57. The number of anilines is 1. The molecule has 0 radical (unpaired) electrons. The number of benzene rings is 2. The molecule has 136 valence electrons. The van der Waals surface area contributed by atoms with Crippen molar-refractivity contribution >= 4 is 28.5 Å². The Morgan fingerprint density at radius 2 is 1.81 bits per heavy atom. The summed E-state index contributed by atoms with van der Waals surface area (Å²) in [6.07, 6.45) is -1.73. The molecule has 2 aromatic rings. The average molecular weight is 356 g/mol. The quantitative estimate of drug-likeness (QED) is 0.879. The van der Waals surface area contributed by atoms with Gasteiger partial charge in [-0.25, -0.2) is 4.79 Å². The molecule has 2 aromatic carbocycles. The molecule has 2 aliphatic rings. The second kappa shape index (κ2) is 6.93. The molecule has 0 saturated carbocycles. The number of hydrogen-bond acceptors (Lipinski definition) is 5. The van der Waals surface area contributed by atoms with Crippen molar-refractivity contribution in [3.63, 3.8) is 0 Å². The number of fused-ring (bicyclic) bond motifs is 2. The maximum Gasteiger partial charge on any atom is 0.412 e. The van der Waals surface area contributed by atoms with Gasteiger partial charge in [-0.05, 0) is 11.5 Å². The molecule has 2 amide bonds. The highest BCUT2D eigenvalue weighted by Gasteiger charge is 2.49. The minimum Gasteiger partial charge on any atom is -0.441 e. The van der Waals surface area contributed by atoms with Gasteiger partial charge < -0.3 is 19.5 Å². The van der Waals surface area contributed by atoms with Crippen molar-refractivity contribution in [1.82, 2.24) is 5.32 Å². The lowest BCUT2D eigenvalue weighted by atomic mass is 10.1. The van der Waals surface area contributed by atoms with Gasteiger partial charge in [-0.1, -0.05) is 36.4 Å². The topological polar surface area (TPSA) is 85.9 Å². The Morgan fingerprint density at radius 3 is 2.65 bits per heavy atom. The summed E-state index contributed by atoms with van der Waals surface area (Å²) in [5, 5.41) is 7.57. The van der Waals surface area contributed by atoms with Crippen LogP contribution in [0.1, 0.15) is 6.92 Å². The maximum atomic E-state index is 12.3. The van der Waals surface area contributed by atoms with Gasteiger partial charge in [-0.2, -0.15) is 0 Å². The first kappa shape index (κ1) is 16.8. The van der Waals surface area contributed by atoms with E-state index >= 15 is 0 Å². The van der Waals surface area contributed by atoms with Gasteiger partial charge in [-0.3, -0.25) is 10.1 Å². The molecule has 2 saturated heterocycles. The van der Waals surface area contributed by atoms with E-state index in [0.717, 1.165) is 10.8 Å². The highest BCUT2D eigenvalue weighted by Crippen LogP contribution is 2.29. The van der Waals surface area contributed by atoms with Crippen LogP contribution in [-0.4, -0.2) is 49.6 Å². The number of rotatable bonds is 3. The monoisotopic (exact) mass is 356 g/mol. The van der Waals surface area contributed by atoms with Crippen molar-refractivity contribution in [2.75, 3.05) is 18.5 Å². The number of nitrogens with one attached hydrogen (secondary N) is 2. The SMILES string of the molecule is CC(=O)N[C@@H]1CO[C@@H]2[C@@H]1OC[C@H]2OC(=O)Nc1cccc2ccccc12. The van der Waals surface area contributed by atoms with Crippen molar-refractivity contribution in [2.24, 2.45) is 0 Å². The lowest BCUT2D eigenvalue weighted by Crippen LogP contribution is -2.43. The van der Waals surface area contributed by atoms with Gasteiger partial charge in [0.05, 0.1) is 24.9 Å². The minimum absolute atomic E-state index is 0.138. The number of hydrogen-bond donors (Lipinski definition) is 2. The lowest BCUT2D eigenvalue weighted by Gasteiger charge is -2.18. The molecule has 7 heteroatoms. The van der Waals surface area contributed by atoms with Gasteiger partial charge in [0.2, 0.25) is 5.91 Å². The molecular formula is C19H20N2O5. The van der Waals surface area contributed by atoms with E-state index in [0.29, 0.717) is 12.3 Å². The molecular weight excluding hydrogens is 336 g/mol. The van der Waals surface area contributed by atoms with E-state index in [4.69, 9.17) is 14.2 Å². The lowest BCUT2D eigenvalue weighted by molar-refractivity contribution is -0.120. The third kappa shape index (κ3) is 3.23. The molecule has 0 bridgehead atoms. The van der Waals surface area contributed by atoms with E-state index < -0.39 is 12.2 Å². The van der Waals surface area contributed by atoms with Crippen molar-refractivity contribution in [3.05, 3.63) is 42.5 Å². The Morgan fingerprint density at radius 1 is 1.04 bits per heavy atom. The third-order valence-electron chi connectivity index (χ3n) is 4.68. The molecule has 4 rings (SSSR count). The van der Waals surface area contributed by atoms with Crippen LogP contribution in [0.25, 0.3) is 10.8 Å². The Balaban J connectivity index is 1.41.